The van der Waals surface area contributed by atoms with E-state index >= 15 is 0 Å². The molecule has 106 valence electrons. The van der Waals surface area contributed by atoms with Crippen molar-refractivity contribution in [1.29, 1.82) is 0 Å². The van der Waals surface area contributed by atoms with Gasteiger partial charge in [-0.2, -0.15) is 0 Å². The first-order chi connectivity index (χ1) is 9.08. The summed E-state index contributed by atoms with van der Waals surface area (Å²) in [6, 6.07) is 7.65. The van der Waals surface area contributed by atoms with Gasteiger partial charge in [0, 0.05) is 12.6 Å². The van der Waals surface area contributed by atoms with Crippen molar-refractivity contribution in [2.75, 3.05) is 13.6 Å². The molecule has 19 heavy (non-hydrogen) atoms. The van der Waals surface area contributed by atoms with Gasteiger partial charge in [-0.1, -0.05) is 25.1 Å². The summed E-state index contributed by atoms with van der Waals surface area (Å²) in [4.78, 5) is 0.415. The van der Waals surface area contributed by atoms with E-state index in [1.807, 2.05) is 19.2 Å². The van der Waals surface area contributed by atoms with Crippen molar-refractivity contribution < 1.29 is 8.42 Å². The summed E-state index contributed by atoms with van der Waals surface area (Å²) in [6.45, 7) is 2.20. The Hall–Kier alpha value is -0.910. The van der Waals surface area contributed by atoms with Gasteiger partial charge in [-0.05, 0) is 43.9 Å². The molecule has 1 saturated carbocycles. The highest BCUT2D eigenvalue weighted by molar-refractivity contribution is 7.89. The molecule has 1 aromatic rings. The van der Waals surface area contributed by atoms with Gasteiger partial charge in [-0.15, -0.1) is 0 Å². The third-order valence-electron chi connectivity index (χ3n) is 3.60. The molecule has 0 aliphatic heterocycles. The topological polar surface area (TPSA) is 58.2 Å². The second kappa shape index (κ2) is 6.03. The second-order valence-electron chi connectivity index (χ2n) is 5.05. The first-order valence-electron chi connectivity index (χ1n) is 6.83. The smallest absolute Gasteiger partial charge is 0.240 e. The van der Waals surface area contributed by atoms with E-state index in [9.17, 15) is 8.42 Å². The molecule has 1 aromatic carbocycles. The summed E-state index contributed by atoms with van der Waals surface area (Å²) in [5.74, 6) is 0.694. The van der Waals surface area contributed by atoms with Gasteiger partial charge in [-0.25, -0.2) is 13.1 Å². The van der Waals surface area contributed by atoms with Crippen LogP contribution in [0.25, 0.3) is 0 Å². The van der Waals surface area contributed by atoms with Gasteiger partial charge in [0.15, 0.2) is 0 Å². The van der Waals surface area contributed by atoms with Crippen LogP contribution in [0.3, 0.4) is 0 Å². The lowest BCUT2D eigenvalue weighted by Crippen LogP contribution is -2.31. The molecule has 0 bridgehead atoms. The van der Waals surface area contributed by atoms with Gasteiger partial charge in [-0.3, -0.25) is 0 Å². The Morgan fingerprint density at radius 1 is 1.32 bits per heavy atom. The molecule has 4 nitrogen and oxygen atoms in total. The van der Waals surface area contributed by atoms with E-state index in [2.05, 4.69) is 10.0 Å². The minimum atomic E-state index is -3.38. The molecule has 0 radical (unpaired) electrons. The molecular weight excluding hydrogens is 260 g/mol. The number of likely N-dealkylation sites (N-methyl/N-ethyl adjacent to an activating group) is 1. The molecule has 1 aliphatic carbocycles. The van der Waals surface area contributed by atoms with E-state index in [0.717, 1.165) is 12.0 Å². The highest BCUT2D eigenvalue weighted by Gasteiger charge is 2.31. The Balaban J connectivity index is 2.25. The van der Waals surface area contributed by atoms with Gasteiger partial charge >= 0.3 is 0 Å². The Morgan fingerprint density at radius 2 is 2.00 bits per heavy atom. The SMILES string of the molecule is CCNS(=O)(=O)c1ccccc1CC(NC)C1CC1. The summed E-state index contributed by atoms with van der Waals surface area (Å²) >= 11 is 0. The van der Waals surface area contributed by atoms with Crippen molar-refractivity contribution in [3.8, 4) is 0 Å². The predicted molar refractivity (Wildman–Crippen MR) is 76.6 cm³/mol. The summed E-state index contributed by atoms with van der Waals surface area (Å²) in [6.07, 6.45) is 3.25. The van der Waals surface area contributed by atoms with Crippen LogP contribution < -0.4 is 10.0 Å². The molecule has 0 spiro atoms. The lowest BCUT2D eigenvalue weighted by molar-refractivity contribution is 0.496. The van der Waals surface area contributed by atoms with E-state index in [-0.39, 0.29) is 0 Å². The van der Waals surface area contributed by atoms with E-state index in [4.69, 9.17) is 0 Å². The van der Waals surface area contributed by atoms with Crippen LogP contribution in [-0.2, 0) is 16.4 Å². The normalized spacial score (nSPS) is 17.4. The van der Waals surface area contributed by atoms with Crippen LogP contribution >= 0.6 is 0 Å². The molecule has 1 unspecified atom stereocenters. The number of benzene rings is 1. The molecule has 0 saturated heterocycles. The molecule has 2 rings (SSSR count). The molecular formula is C14H22N2O2S. The van der Waals surface area contributed by atoms with Crippen LogP contribution in [-0.4, -0.2) is 28.1 Å². The second-order valence-corrected chi connectivity index (χ2v) is 6.78. The highest BCUT2D eigenvalue weighted by atomic mass is 32.2. The van der Waals surface area contributed by atoms with E-state index < -0.39 is 10.0 Å². The average molecular weight is 282 g/mol. The summed E-state index contributed by atoms with van der Waals surface area (Å²) in [7, 11) is -1.43. The van der Waals surface area contributed by atoms with Crippen molar-refractivity contribution in [3.05, 3.63) is 29.8 Å². The van der Waals surface area contributed by atoms with Gasteiger partial charge < -0.3 is 5.32 Å². The van der Waals surface area contributed by atoms with Crippen LogP contribution in [0.5, 0.6) is 0 Å². The van der Waals surface area contributed by atoms with Gasteiger partial charge in [0.2, 0.25) is 10.0 Å². The van der Waals surface area contributed by atoms with Crippen LogP contribution in [0.1, 0.15) is 25.3 Å². The Bertz CT molecular complexity index is 524. The maximum atomic E-state index is 12.2. The largest absolute Gasteiger partial charge is 0.316 e. The zero-order valence-corrected chi connectivity index (χ0v) is 12.3. The molecule has 0 heterocycles. The zero-order chi connectivity index (χ0) is 13.9. The fraction of sp³-hybridized carbons (Fsp3) is 0.571. The average Bonchev–Trinajstić information content (AvgIpc) is 3.20. The zero-order valence-electron chi connectivity index (χ0n) is 11.5. The van der Waals surface area contributed by atoms with Crippen LogP contribution in [0.4, 0.5) is 0 Å². The first kappa shape index (κ1) is 14.5. The third kappa shape index (κ3) is 3.55. The lowest BCUT2D eigenvalue weighted by Gasteiger charge is -2.17. The molecule has 2 N–H and O–H groups in total. The van der Waals surface area contributed by atoms with Crippen molar-refractivity contribution in [3.63, 3.8) is 0 Å². The molecule has 1 fully saturated rings. The van der Waals surface area contributed by atoms with E-state index in [1.54, 1.807) is 19.1 Å². The summed E-state index contributed by atoms with van der Waals surface area (Å²) in [5, 5.41) is 3.31. The Labute approximate surface area is 115 Å². The fourth-order valence-corrected chi connectivity index (χ4v) is 3.73. The third-order valence-corrected chi connectivity index (χ3v) is 5.24. The monoisotopic (exact) mass is 282 g/mol. The lowest BCUT2D eigenvalue weighted by atomic mass is 10.0. The van der Waals surface area contributed by atoms with Crippen LogP contribution in [0.2, 0.25) is 0 Å². The quantitative estimate of drug-likeness (QED) is 0.797. The molecule has 0 amide bonds. The number of sulfonamides is 1. The first-order valence-corrected chi connectivity index (χ1v) is 8.31. The minimum Gasteiger partial charge on any atom is -0.316 e. The van der Waals surface area contributed by atoms with Crippen LogP contribution in [0, 0.1) is 5.92 Å². The molecule has 1 aliphatic rings. The van der Waals surface area contributed by atoms with Gasteiger partial charge in [0.1, 0.15) is 0 Å². The standard InChI is InChI=1S/C14H22N2O2S/c1-3-16-19(17,18)14-7-5-4-6-12(14)10-13(15-2)11-8-9-11/h4-7,11,13,15-16H,3,8-10H2,1-2H3. The number of hydrogen-bond acceptors (Lipinski definition) is 3. The van der Waals surface area contributed by atoms with Gasteiger partial charge in [0.25, 0.3) is 0 Å². The number of rotatable bonds is 7. The maximum absolute atomic E-state index is 12.2. The van der Waals surface area contributed by atoms with Crippen molar-refractivity contribution in [2.24, 2.45) is 5.92 Å². The van der Waals surface area contributed by atoms with Crippen molar-refractivity contribution in [1.82, 2.24) is 10.0 Å². The van der Waals surface area contributed by atoms with Crippen molar-refractivity contribution >= 4 is 10.0 Å². The highest BCUT2D eigenvalue weighted by Crippen LogP contribution is 2.34. The Morgan fingerprint density at radius 3 is 2.58 bits per heavy atom. The minimum absolute atomic E-state index is 0.373. The maximum Gasteiger partial charge on any atom is 0.240 e. The molecule has 0 aromatic heterocycles. The number of nitrogens with one attached hydrogen (secondary N) is 2. The molecule has 5 heteroatoms. The van der Waals surface area contributed by atoms with Crippen LogP contribution in [0.15, 0.2) is 29.2 Å². The Kier molecular flexibility index (Phi) is 4.60. The molecule has 1 atom stereocenters. The summed E-state index contributed by atoms with van der Waals surface area (Å²) < 4.78 is 26.9. The van der Waals surface area contributed by atoms with E-state index in [1.165, 1.54) is 12.8 Å². The predicted octanol–water partition coefficient (Wildman–Crippen LogP) is 1.53. The fourth-order valence-electron chi connectivity index (χ4n) is 2.44. The van der Waals surface area contributed by atoms with Crippen molar-refractivity contribution in [2.45, 2.75) is 37.1 Å². The van der Waals surface area contributed by atoms with Gasteiger partial charge in [0.05, 0.1) is 4.90 Å². The van der Waals surface area contributed by atoms with E-state index in [0.29, 0.717) is 23.4 Å². The number of hydrogen-bond donors (Lipinski definition) is 2. The summed E-state index contributed by atoms with van der Waals surface area (Å²) in [5.41, 5.74) is 0.898.